The Bertz CT molecular complexity index is 534. The largest absolute Gasteiger partial charge is 0.465 e. The summed E-state index contributed by atoms with van der Waals surface area (Å²) in [6.45, 7) is 0. The van der Waals surface area contributed by atoms with Gasteiger partial charge in [0, 0.05) is 5.38 Å². The topological polar surface area (TPSA) is 69.1 Å². The van der Waals surface area contributed by atoms with E-state index in [0.29, 0.717) is 16.6 Å². The van der Waals surface area contributed by atoms with Crippen LogP contribution in [0.2, 0.25) is 0 Å². The third-order valence-electron chi connectivity index (χ3n) is 1.84. The lowest BCUT2D eigenvalue weighted by Gasteiger charge is -1.95. The molecule has 7 heteroatoms. The van der Waals surface area contributed by atoms with E-state index in [1.807, 2.05) is 0 Å². The van der Waals surface area contributed by atoms with Crippen molar-refractivity contribution in [3.05, 3.63) is 35.2 Å². The summed E-state index contributed by atoms with van der Waals surface area (Å²) in [6.07, 6.45) is 3.04. The Kier molecular flexibility index (Phi) is 4.74. The molecule has 0 aliphatic carbocycles. The van der Waals surface area contributed by atoms with E-state index in [-0.39, 0.29) is 18.0 Å². The Labute approximate surface area is 113 Å². The summed E-state index contributed by atoms with van der Waals surface area (Å²) in [6, 6.07) is 3.44. The van der Waals surface area contributed by atoms with Gasteiger partial charge in [-0.1, -0.05) is 0 Å². The molecule has 2 aromatic rings. The van der Waals surface area contributed by atoms with Crippen LogP contribution < -0.4 is 5.73 Å². The number of furan rings is 1. The molecular weight excluding hydrogens is 283 g/mol. The van der Waals surface area contributed by atoms with Gasteiger partial charge >= 0.3 is 0 Å². The molecule has 0 unspecified atom stereocenters. The predicted molar refractivity (Wildman–Crippen MR) is 71.2 cm³/mol. The van der Waals surface area contributed by atoms with Crippen molar-refractivity contribution in [2.24, 2.45) is 0 Å². The summed E-state index contributed by atoms with van der Waals surface area (Å²) in [5.41, 5.74) is 6.22. The predicted octanol–water partition coefficient (Wildman–Crippen LogP) is 3.05. The van der Waals surface area contributed by atoms with E-state index in [0.717, 1.165) is 0 Å². The molecule has 0 amide bonds. The standard InChI is InChI=1S/C10H7ClN2O2S.ClH/c11-9(14)7(4-6-2-1-3-15-6)8-5-16-10(12)13-8;/h1-5H,(H2,12,13);1H. The van der Waals surface area contributed by atoms with E-state index < -0.39 is 5.24 Å². The van der Waals surface area contributed by atoms with Crippen molar-refractivity contribution in [2.75, 3.05) is 5.73 Å². The van der Waals surface area contributed by atoms with Crippen molar-refractivity contribution in [1.82, 2.24) is 4.98 Å². The second-order valence-electron chi connectivity index (χ2n) is 2.92. The number of nitrogens with zero attached hydrogens (tertiary/aromatic N) is 1. The molecule has 0 saturated carbocycles. The van der Waals surface area contributed by atoms with Gasteiger partial charge < -0.3 is 10.2 Å². The molecule has 0 aromatic carbocycles. The Morgan fingerprint density at radius 2 is 2.35 bits per heavy atom. The number of rotatable bonds is 3. The van der Waals surface area contributed by atoms with Crippen LogP contribution in [0.25, 0.3) is 11.6 Å². The lowest BCUT2D eigenvalue weighted by molar-refractivity contribution is -0.106. The van der Waals surface area contributed by atoms with Gasteiger partial charge in [0.2, 0.25) is 0 Å². The lowest BCUT2D eigenvalue weighted by atomic mass is 10.2. The van der Waals surface area contributed by atoms with Gasteiger partial charge in [-0.15, -0.1) is 23.7 Å². The summed E-state index contributed by atoms with van der Waals surface area (Å²) in [5, 5.41) is 1.46. The average molecular weight is 291 g/mol. The molecule has 0 aliphatic heterocycles. The smallest absolute Gasteiger partial charge is 0.254 e. The SMILES string of the molecule is Cl.Nc1nc(C(=Cc2ccco2)C(=O)Cl)cs1. The summed E-state index contributed by atoms with van der Waals surface area (Å²) in [4.78, 5) is 15.3. The molecule has 0 aliphatic rings. The third-order valence-corrected chi connectivity index (χ3v) is 2.72. The molecule has 17 heavy (non-hydrogen) atoms. The zero-order valence-corrected chi connectivity index (χ0v) is 10.8. The van der Waals surface area contributed by atoms with Crippen molar-refractivity contribution in [2.45, 2.75) is 0 Å². The molecule has 0 bridgehead atoms. The normalized spacial score (nSPS) is 11.0. The number of hydrogen-bond acceptors (Lipinski definition) is 5. The zero-order valence-electron chi connectivity index (χ0n) is 8.42. The first-order valence-corrected chi connectivity index (χ1v) is 5.59. The van der Waals surface area contributed by atoms with Crippen molar-refractivity contribution in [3.8, 4) is 0 Å². The molecular formula is C10H8Cl2N2O2S. The van der Waals surface area contributed by atoms with Gasteiger partial charge in [-0.25, -0.2) is 4.98 Å². The number of carbonyl (C=O) groups is 1. The van der Waals surface area contributed by atoms with Crippen LogP contribution >= 0.6 is 35.3 Å². The van der Waals surface area contributed by atoms with Gasteiger partial charge in [0.05, 0.1) is 17.5 Å². The molecule has 90 valence electrons. The molecule has 2 heterocycles. The van der Waals surface area contributed by atoms with Crippen LogP contribution in [0.15, 0.2) is 28.2 Å². The van der Waals surface area contributed by atoms with Crippen molar-refractivity contribution >= 4 is 57.4 Å². The average Bonchev–Trinajstić information content (AvgIpc) is 2.84. The highest BCUT2D eigenvalue weighted by atomic mass is 35.5. The van der Waals surface area contributed by atoms with Crippen LogP contribution in [0.4, 0.5) is 5.13 Å². The number of nitrogens with two attached hydrogens (primary N) is 1. The van der Waals surface area contributed by atoms with Gasteiger partial charge in [-0.05, 0) is 29.8 Å². The van der Waals surface area contributed by atoms with Crippen LogP contribution in [0.5, 0.6) is 0 Å². The number of halogens is 2. The van der Waals surface area contributed by atoms with Crippen LogP contribution in [0, 0.1) is 0 Å². The molecule has 0 saturated heterocycles. The number of allylic oxidation sites excluding steroid dienone is 1. The number of hydrogen-bond donors (Lipinski definition) is 1. The molecule has 0 fully saturated rings. The second kappa shape index (κ2) is 5.86. The summed E-state index contributed by atoms with van der Waals surface area (Å²) in [5.74, 6) is 0.538. The second-order valence-corrected chi connectivity index (χ2v) is 4.15. The van der Waals surface area contributed by atoms with E-state index in [9.17, 15) is 4.79 Å². The monoisotopic (exact) mass is 290 g/mol. The molecule has 2 rings (SSSR count). The molecule has 0 spiro atoms. The van der Waals surface area contributed by atoms with E-state index in [2.05, 4.69) is 4.98 Å². The Hall–Kier alpha value is -1.30. The minimum Gasteiger partial charge on any atom is -0.465 e. The number of thiazole rings is 1. The molecule has 2 N–H and O–H groups in total. The van der Waals surface area contributed by atoms with Crippen molar-refractivity contribution < 1.29 is 9.21 Å². The van der Waals surface area contributed by atoms with E-state index in [1.165, 1.54) is 23.7 Å². The van der Waals surface area contributed by atoms with E-state index >= 15 is 0 Å². The van der Waals surface area contributed by atoms with Gasteiger partial charge in [0.25, 0.3) is 5.24 Å². The number of carbonyl (C=O) groups excluding carboxylic acids is 1. The molecule has 0 radical (unpaired) electrons. The molecule has 2 aromatic heterocycles. The first kappa shape index (κ1) is 13.8. The maximum atomic E-state index is 11.3. The first-order chi connectivity index (χ1) is 7.66. The Morgan fingerprint density at radius 3 is 2.82 bits per heavy atom. The Balaban J connectivity index is 0.00000144. The van der Waals surface area contributed by atoms with E-state index in [1.54, 1.807) is 17.5 Å². The highest BCUT2D eigenvalue weighted by molar-refractivity contribution is 7.13. The maximum absolute atomic E-state index is 11.3. The quantitative estimate of drug-likeness (QED) is 0.697. The van der Waals surface area contributed by atoms with E-state index in [4.69, 9.17) is 21.8 Å². The van der Waals surface area contributed by atoms with Crippen LogP contribution in [-0.2, 0) is 4.79 Å². The summed E-state index contributed by atoms with van der Waals surface area (Å²) < 4.78 is 5.10. The third kappa shape index (κ3) is 3.33. The van der Waals surface area contributed by atoms with Gasteiger partial charge in [0.1, 0.15) is 5.76 Å². The number of anilines is 1. The van der Waals surface area contributed by atoms with Gasteiger partial charge in [-0.2, -0.15) is 0 Å². The van der Waals surface area contributed by atoms with Gasteiger partial charge in [-0.3, -0.25) is 4.79 Å². The number of nitrogen functional groups attached to an aromatic ring is 1. The fraction of sp³-hybridized carbons (Fsp3) is 0. The van der Waals surface area contributed by atoms with Gasteiger partial charge in [0.15, 0.2) is 5.13 Å². The van der Waals surface area contributed by atoms with Crippen molar-refractivity contribution in [1.29, 1.82) is 0 Å². The van der Waals surface area contributed by atoms with Crippen molar-refractivity contribution in [3.63, 3.8) is 0 Å². The lowest BCUT2D eigenvalue weighted by Crippen LogP contribution is -1.94. The van der Waals surface area contributed by atoms with Crippen LogP contribution in [0.3, 0.4) is 0 Å². The highest BCUT2D eigenvalue weighted by Crippen LogP contribution is 2.23. The summed E-state index contributed by atoms with van der Waals surface area (Å²) >= 11 is 6.73. The zero-order chi connectivity index (χ0) is 11.5. The highest BCUT2D eigenvalue weighted by Gasteiger charge is 2.13. The first-order valence-electron chi connectivity index (χ1n) is 4.33. The Morgan fingerprint density at radius 1 is 1.59 bits per heavy atom. The fourth-order valence-corrected chi connectivity index (χ4v) is 1.87. The fourth-order valence-electron chi connectivity index (χ4n) is 1.16. The molecule has 4 nitrogen and oxygen atoms in total. The molecule has 0 atom stereocenters. The van der Waals surface area contributed by atoms with Crippen LogP contribution in [-0.4, -0.2) is 10.2 Å². The minimum absolute atomic E-state index is 0. The minimum atomic E-state index is -0.596. The number of aromatic nitrogens is 1. The van der Waals surface area contributed by atoms with Crippen LogP contribution in [0.1, 0.15) is 11.5 Å². The summed E-state index contributed by atoms with van der Waals surface area (Å²) in [7, 11) is 0. The maximum Gasteiger partial charge on any atom is 0.254 e.